The van der Waals surface area contributed by atoms with Crippen molar-refractivity contribution < 1.29 is 9.66 Å². The molecule has 0 heterocycles. The zero-order valence-corrected chi connectivity index (χ0v) is 11.9. The van der Waals surface area contributed by atoms with Crippen LogP contribution in [0.5, 0.6) is 5.75 Å². The summed E-state index contributed by atoms with van der Waals surface area (Å²) >= 11 is 0. The van der Waals surface area contributed by atoms with Gasteiger partial charge in [-0.15, -0.1) is 0 Å². The van der Waals surface area contributed by atoms with Crippen molar-refractivity contribution in [2.24, 2.45) is 11.7 Å². The number of nitro groups is 1. The van der Waals surface area contributed by atoms with Gasteiger partial charge in [0.2, 0.25) is 0 Å². The summed E-state index contributed by atoms with van der Waals surface area (Å²) < 4.78 is 5.38. The second-order valence-electron chi connectivity index (χ2n) is 5.07. The Kier molecular flexibility index (Phi) is 4.44. The molecular formula is C14H21N3O3. The maximum atomic E-state index is 11.4. The molecule has 1 atom stereocenters. The molecule has 0 saturated heterocycles. The van der Waals surface area contributed by atoms with Crippen LogP contribution in [0.1, 0.15) is 19.8 Å². The Morgan fingerprint density at radius 1 is 1.55 bits per heavy atom. The molecule has 0 aromatic heterocycles. The highest BCUT2D eigenvalue weighted by molar-refractivity contribution is 5.70. The number of hydrogen-bond acceptors (Lipinski definition) is 5. The Hall–Kier alpha value is -1.82. The Balaban J connectivity index is 2.38. The van der Waals surface area contributed by atoms with Crippen molar-refractivity contribution in [3.05, 3.63) is 28.3 Å². The standard InChI is InChI=1S/C14H21N3O3/c1-3-20-13-6-4-5-11(14(13)17(18)19)16(2)12(9-15)10-7-8-10/h4-6,10,12H,3,7-9,15H2,1-2H3. The number of nitro benzene ring substituents is 1. The zero-order chi connectivity index (χ0) is 14.7. The molecule has 1 unspecified atom stereocenters. The molecule has 110 valence electrons. The summed E-state index contributed by atoms with van der Waals surface area (Å²) in [4.78, 5) is 12.9. The number of likely N-dealkylation sites (N-methyl/N-ethyl adjacent to an activating group) is 1. The van der Waals surface area contributed by atoms with Gasteiger partial charge in [0.1, 0.15) is 5.69 Å². The molecule has 1 fully saturated rings. The van der Waals surface area contributed by atoms with Gasteiger partial charge in [0, 0.05) is 19.6 Å². The molecule has 1 aromatic carbocycles. The average molecular weight is 279 g/mol. The zero-order valence-electron chi connectivity index (χ0n) is 11.9. The molecule has 0 spiro atoms. The Labute approximate surface area is 118 Å². The molecule has 6 heteroatoms. The van der Waals surface area contributed by atoms with Crippen LogP contribution in [0, 0.1) is 16.0 Å². The molecule has 0 aliphatic heterocycles. The number of nitrogens with zero attached hydrogens (tertiary/aromatic N) is 2. The molecule has 6 nitrogen and oxygen atoms in total. The fourth-order valence-corrected chi connectivity index (χ4v) is 2.58. The molecule has 1 aromatic rings. The van der Waals surface area contributed by atoms with Crippen molar-refractivity contribution in [3.8, 4) is 5.75 Å². The smallest absolute Gasteiger partial charge is 0.333 e. The van der Waals surface area contributed by atoms with Gasteiger partial charge < -0.3 is 15.4 Å². The predicted octanol–water partition coefficient (Wildman–Crippen LogP) is 2.17. The first kappa shape index (κ1) is 14.6. The topological polar surface area (TPSA) is 81.6 Å². The van der Waals surface area contributed by atoms with Gasteiger partial charge in [-0.3, -0.25) is 10.1 Å². The Bertz CT molecular complexity index is 489. The van der Waals surface area contributed by atoms with E-state index >= 15 is 0 Å². The third-order valence-corrected chi connectivity index (χ3v) is 3.75. The molecule has 1 aliphatic rings. The average Bonchev–Trinajstić information content (AvgIpc) is 3.24. The second-order valence-corrected chi connectivity index (χ2v) is 5.07. The quantitative estimate of drug-likeness (QED) is 0.611. The van der Waals surface area contributed by atoms with Gasteiger partial charge in [0.05, 0.1) is 11.5 Å². The van der Waals surface area contributed by atoms with Crippen LogP contribution in [-0.4, -0.2) is 31.2 Å². The van der Waals surface area contributed by atoms with Crippen molar-refractivity contribution in [2.75, 3.05) is 25.1 Å². The number of benzene rings is 1. The number of ether oxygens (including phenoxy) is 1. The predicted molar refractivity (Wildman–Crippen MR) is 78.2 cm³/mol. The van der Waals surface area contributed by atoms with E-state index in [0.29, 0.717) is 30.5 Å². The van der Waals surface area contributed by atoms with E-state index in [1.165, 1.54) is 0 Å². The van der Waals surface area contributed by atoms with Crippen molar-refractivity contribution in [1.82, 2.24) is 0 Å². The molecule has 2 N–H and O–H groups in total. The normalized spacial score (nSPS) is 15.8. The minimum absolute atomic E-state index is 0.0240. The van der Waals surface area contributed by atoms with Gasteiger partial charge >= 0.3 is 5.69 Å². The maximum absolute atomic E-state index is 11.4. The second kappa shape index (κ2) is 6.09. The number of hydrogen-bond donors (Lipinski definition) is 1. The van der Waals surface area contributed by atoms with Gasteiger partial charge in [-0.2, -0.15) is 0 Å². The van der Waals surface area contributed by atoms with Crippen molar-refractivity contribution in [1.29, 1.82) is 0 Å². The number of anilines is 1. The van der Waals surface area contributed by atoms with E-state index in [0.717, 1.165) is 12.8 Å². The SMILES string of the molecule is CCOc1cccc(N(C)C(CN)C2CC2)c1[N+](=O)[O-]. The first-order valence-corrected chi connectivity index (χ1v) is 6.93. The van der Waals surface area contributed by atoms with Crippen LogP contribution >= 0.6 is 0 Å². The lowest BCUT2D eigenvalue weighted by molar-refractivity contribution is -0.385. The molecule has 2 rings (SSSR count). The molecule has 0 radical (unpaired) electrons. The van der Waals surface area contributed by atoms with Crippen LogP contribution < -0.4 is 15.4 Å². The Morgan fingerprint density at radius 3 is 2.75 bits per heavy atom. The highest BCUT2D eigenvalue weighted by Gasteiger charge is 2.35. The molecule has 20 heavy (non-hydrogen) atoms. The van der Waals surface area contributed by atoms with Crippen LogP contribution in [0.3, 0.4) is 0 Å². The lowest BCUT2D eigenvalue weighted by Crippen LogP contribution is -2.40. The fraction of sp³-hybridized carbons (Fsp3) is 0.571. The van der Waals surface area contributed by atoms with E-state index in [9.17, 15) is 10.1 Å². The molecule has 1 aliphatic carbocycles. The first-order valence-electron chi connectivity index (χ1n) is 6.93. The third kappa shape index (κ3) is 2.85. The summed E-state index contributed by atoms with van der Waals surface area (Å²) in [6.45, 7) is 2.71. The van der Waals surface area contributed by atoms with Crippen LogP contribution in [0.4, 0.5) is 11.4 Å². The summed E-state index contributed by atoms with van der Waals surface area (Å²) in [5, 5.41) is 11.4. The van der Waals surface area contributed by atoms with Crippen LogP contribution in [0.2, 0.25) is 0 Å². The van der Waals surface area contributed by atoms with E-state index < -0.39 is 0 Å². The van der Waals surface area contributed by atoms with Gasteiger partial charge in [-0.05, 0) is 37.8 Å². The van der Waals surface area contributed by atoms with E-state index in [1.807, 2.05) is 18.9 Å². The highest BCUT2D eigenvalue weighted by atomic mass is 16.6. The summed E-state index contributed by atoms with van der Waals surface area (Å²) in [7, 11) is 1.87. The van der Waals surface area contributed by atoms with Gasteiger partial charge in [-0.1, -0.05) is 6.07 Å². The van der Waals surface area contributed by atoms with Crippen LogP contribution in [0.25, 0.3) is 0 Å². The van der Waals surface area contributed by atoms with Crippen molar-refractivity contribution >= 4 is 11.4 Å². The van der Waals surface area contributed by atoms with Crippen LogP contribution in [0.15, 0.2) is 18.2 Å². The minimum atomic E-state index is -0.378. The molecule has 0 amide bonds. The first-order chi connectivity index (χ1) is 9.60. The third-order valence-electron chi connectivity index (χ3n) is 3.75. The van der Waals surface area contributed by atoms with Crippen molar-refractivity contribution in [2.45, 2.75) is 25.8 Å². The highest BCUT2D eigenvalue weighted by Crippen LogP contribution is 2.41. The maximum Gasteiger partial charge on any atom is 0.333 e. The lowest BCUT2D eigenvalue weighted by Gasteiger charge is -2.29. The minimum Gasteiger partial charge on any atom is -0.487 e. The summed E-state index contributed by atoms with van der Waals surface area (Å²) in [5.41, 5.74) is 6.43. The summed E-state index contributed by atoms with van der Waals surface area (Å²) in [5.74, 6) is 0.855. The van der Waals surface area contributed by atoms with Crippen molar-refractivity contribution in [3.63, 3.8) is 0 Å². The summed E-state index contributed by atoms with van der Waals surface area (Å²) in [6, 6.07) is 5.31. The molecular weight excluding hydrogens is 258 g/mol. The molecule has 0 bridgehead atoms. The number of nitrogens with two attached hydrogens (primary N) is 1. The van der Waals surface area contributed by atoms with Gasteiger partial charge in [0.25, 0.3) is 0 Å². The monoisotopic (exact) mass is 279 g/mol. The fourth-order valence-electron chi connectivity index (χ4n) is 2.58. The van der Waals surface area contributed by atoms with Gasteiger partial charge in [-0.25, -0.2) is 0 Å². The largest absolute Gasteiger partial charge is 0.487 e. The molecule has 1 saturated carbocycles. The van der Waals surface area contributed by atoms with E-state index in [1.54, 1.807) is 18.2 Å². The van der Waals surface area contributed by atoms with Crippen LogP contribution in [-0.2, 0) is 0 Å². The van der Waals surface area contributed by atoms with E-state index in [2.05, 4.69) is 0 Å². The number of rotatable bonds is 7. The van der Waals surface area contributed by atoms with Gasteiger partial charge in [0.15, 0.2) is 5.75 Å². The summed E-state index contributed by atoms with van der Waals surface area (Å²) in [6.07, 6.45) is 2.29. The van der Waals surface area contributed by atoms with E-state index in [-0.39, 0.29) is 16.7 Å². The number of para-hydroxylation sites is 1. The lowest BCUT2D eigenvalue weighted by atomic mass is 10.1. The van der Waals surface area contributed by atoms with E-state index in [4.69, 9.17) is 10.5 Å². The Morgan fingerprint density at radius 2 is 2.25 bits per heavy atom.